The average molecular weight is 349 g/mol. The third-order valence-corrected chi connectivity index (χ3v) is 3.90. The first-order chi connectivity index (χ1) is 8.56. The lowest BCUT2D eigenvalue weighted by atomic mass is 10.2. The van der Waals surface area contributed by atoms with E-state index in [9.17, 15) is 4.39 Å². The lowest BCUT2D eigenvalue weighted by Gasteiger charge is -2.08. The fourth-order valence-electron chi connectivity index (χ4n) is 1.46. The Morgan fingerprint density at radius 3 is 2.50 bits per heavy atom. The van der Waals surface area contributed by atoms with Crippen LogP contribution in [0.25, 0.3) is 0 Å². The molecule has 0 radical (unpaired) electrons. The number of anilines is 1. The average Bonchev–Trinajstić information content (AvgIpc) is 2.35. The summed E-state index contributed by atoms with van der Waals surface area (Å²) >= 11 is 15.0. The maximum Gasteiger partial charge on any atom is 0.141 e. The number of benzene rings is 2. The van der Waals surface area contributed by atoms with Crippen LogP contribution < -0.4 is 5.32 Å². The van der Waals surface area contributed by atoms with E-state index in [0.29, 0.717) is 11.6 Å². The largest absolute Gasteiger partial charge is 0.381 e. The number of rotatable bonds is 3. The Morgan fingerprint density at radius 1 is 1.06 bits per heavy atom. The predicted octanol–water partition coefficient (Wildman–Crippen LogP) is 5.51. The minimum atomic E-state index is -0.408. The SMILES string of the molecule is Fc1ccc(CNc2ccc(Cl)c(Br)c2)cc1Cl. The van der Waals surface area contributed by atoms with E-state index in [4.69, 9.17) is 23.2 Å². The lowest BCUT2D eigenvalue weighted by molar-refractivity contribution is 0.627. The molecule has 94 valence electrons. The number of hydrogen-bond acceptors (Lipinski definition) is 1. The first-order valence-corrected chi connectivity index (χ1v) is 6.74. The molecule has 5 heteroatoms. The van der Waals surface area contributed by atoms with Crippen LogP contribution in [0.4, 0.5) is 10.1 Å². The molecule has 1 nitrogen and oxygen atoms in total. The monoisotopic (exact) mass is 347 g/mol. The smallest absolute Gasteiger partial charge is 0.141 e. The molecule has 0 amide bonds. The Kier molecular flexibility index (Phi) is 4.49. The number of nitrogens with one attached hydrogen (secondary N) is 1. The molecule has 0 fully saturated rings. The highest BCUT2D eigenvalue weighted by atomic mass is 79.9. The topological polar surface area (TPSA) is 12.0 Å². The first kappa shape index (κ1) is 13.7. The van der Waals surface area contributed by atoms with Crippen LogP contribution in [0.15, 0.2) is 40.9 Å². The molecule has 0 bridgehead atoms. The Labute approximate surface area is 123 Å². The summed E-state index contributed by atoms with van der Waals surface area (Å²) < 4.78 is 13.8. The molecule has 2 rings (SSSR count). The summed E-state index contributed by atoms with van der Waals surface area (Å²) in [6.45, 7) is 0.564. The molecule has 0 spiro atoms. The van der Waals surface area contributed by atoms with Crippen LogP contribution in [0.1, 0.15) is 5.56 Å². The van der Waals surface area contributed by atoms with Gasteiger partial charge in [-0.2, -0.15) is 0 Å². The normalized spacial score (nSPS) is 10.4. The molecule has 2 aromatic rings. The van der Waals surface area contributed by atoms with Crippen LogP contribution in [-0.2, 0) is 6.54 Å². The maximum atomic E-state index is 13.0. The highest BCUT2D eigenvalue weighted by Gasteiger charge is 2.02. The van der Waals surface area contributed by atoms with Crippen LogP contribution in [0, 0.1) is 5.82 Å². The summed E-state index contributed by atoms with van der Waals surface area (Å²) in [5.41, 5.74) is 1.83. The van der Waals surface area contributed by atoms with Crippen molar-refractivity contribution in [2.24, 2.45) is 0 Å². The van der Waals surface area contributed by atoms with Gasteiger partial charge in [-0.1, -0.05) is 29.3 Å². The molecule has 0 saturated heterocycles. The van der Waals surface area contributed by atoms with Gasteiger partial charge in [0.2, 0.25) is 0 Å². The summed E-state index contributed by atoms with van der Waals surface area (Å²) in [5, 5.41) is 3.99. The van der Waals surface area contributed by atoms with Crippen molar-refractivity contribution in [3.8, 4) is 0 Å². The van der Waals surface area contributed by atoms with E-state index in [1.54, 1.807) is 18.2 Å². The standard InChI is InChI=1S/C13H9BrCl2FN/c14-10-6-9(2-3-11(10)15)18-7-8-1-4-13(17)12(16)5-8/h1-6,18H,7H2. The zero-order valence-electron chi connectivity index (χ0n) is 9.18. The Balaban J connectivity index is 2.06. The minimum absolute atomic E-state index is 0.131. The molecule has 0 aliphatic rings. The van der Waals surface area contributed by atoms with Gasteiger partial charge in [-0.25, -0.2) is 4.39 Å². The van der Waals surface area contributed by atoms with Gasteiger partial charge in [0.25, 0.3) is 0 Å². The van der Waals surface area contributed by atoms with Crippen molar-refractivity contribution in [2.45, 2.75) is 6.54 Å². The van der Waals surface area contributed by atoms with Gasteiger partial charge >= 0.3 is 0 Å². The molecular formula is C13H9BrCl2FN. The van der Waals surface area contributed by atoms with Gasteiger partial charge in [-0.15, -0.1) is 0 Å². The van der Waals surface area contributed by atoms with Crippen molar-refractivity contribution in [3.63, 3.8) is 0 Å². The first-order valence-electron chi connectivity index (χ1n) is 5.19. The van der Waals surface area contributed by atoms with Gasteiger partial charge in [0.05, 0.1) is 10.0 Å². The van der Waals surface area contributed by atoms with E-state index in [1.807, 2.05) is 12.1 Å². The Morgan fingerprint density at radius 2 is 1.83 bits per heavy atom. The molecular weight excluding hydrogens is 340 g/mol. The summed E-state index contributed by atoms with van der Waals surface area (Å²) in [5.74, 6) is -0.408. The molecule has 18 heavy (non-hydrogen) atoms. The Hall–Kier alpha value is -0.770. The second-order valence-corrected chi connectivity index (χ2v) is 5.40. The van der Waals surface area contributed by atoms with Gasteiger partial charge in [0.15, 0.2) is 0 Å². The zero-order chi connectivity index (χ0) is 13.1. The van der Waals surface area contributed by atoms with E-state index >= 15 is 0 Å². The molecule has 0 atom stereocenters. The van der Waals surface area contributed by atoms with Crippen molar-refractivity contribution in [1.82, 2.24) is 0 Å². The highest BCUT2D eigenvalue weighted by molar-refractivity contribution is 9.10. The van der Waals surface area contributed by atoms with Crippen molar-refractivity contribution in [2.75, 3.05) is 5.32 Å². The zero-order valence-corrected chi connectivity index (χ0v) is 12.3. The van der Waals surface area contributed by atoms with Gasteiger partial charge in [-0.05, 0) is 51.8 Å². The van der Waals surface area contributed by atoms with Gasteiger partial charge < -0.3 is 5.32 Å². The fourth-order valence-corrected chi connectivity index (χ4v) is 2.16. The summed E-state index contributed by atoms with van der Waals surface area (Å²) in [4.78, 5) is 0. The van der Waals surface area contributed by atoms with Crippen LogP contribution in [0.2, 0.25) is 10.0 Å². The molecule has 2 aromatic carbocycles. The third kappa shape index (κ3) is 3.37. The second kappa shape index (κ2) is 5.91. The van der Waals surface area contributed by atoms with Crippen LogP contribution >= 0.6 is 39.1 Å². The van der Waals surface area contributed by atoms with Gasteiger partial charge in [0.1, 0.15) is 5.82 Å². The number of hydrogen-bond donors (Lipinski definition) is 1. The van der Waals surface area contributed by atoms with Crippen molar-refractivity contribution >= 4 is 44.8 Å². The Bertz CT molecular complexity index is 523. The lowest BCUT2D eigenvalue weighted by Crippen LogP contribution is -1.99. The summed E-state index contributed by atoms with van der Waals surface area (Å²) in [6.07, 6.45) is 0. The van der Waals surface area contributed by atoms with Gasteiger partial charge in [-0.3, -0.25) is 0 Å². The van der Waals surface area contributed by atoms with Crippen molar-refractivity contribution in [3.05, 3.63) is 62.3 Å². The second-order valence-electron chi connectivity index (χ2n) is 3.73. The third-order valence-electron chi connectivity index (χ3n) is 2.40. The van der Waals surface area contributed by atoms with E-state index in [2.05, 4.69) is 21.2 Å². The molecule has 1 N–H and O–H groups in total. The van der Waals surface area contributed by atoms with Crippen LogP contribution in [0.5, 0.6) is 0 Å². The van der Waals surface area contributed by atoms with Crippen LogP contribution in [0.3, 0.4) is 0 Å². The van der Waals surface area contributed by atoms with E-state index in [1.165, 1.54) is 6.07 Å². The van der Waals surface area contributed by atoms with Crippen molar-refractivity contribution < 1.29 is 4.39 Å². The van der Waals surface area contributed by atoms with E-state index in [-0.39, 0.29) is 5.02 Å². The van der Waals surface area contributed by atoms with Gasteiger partial charge in [0, 0.05) is 16.7 Å². The molecule has 0 heterocycles. The van der Waals surface area contributed by atoms with E-state index < -0.39 is 5.82 Å². The van der Waals surface area contributed by atoms with Crippen LogP contribution in [-0.4, -0.2) is 0 Å². The summed E-state index contributed by atoms with van der Waals surface area (Å²) in [7, 11) is 0. The molecule has 0 aliphatic carbocycles. The predicted molar refractivity (Wildman–Crippen MR) is 77.9 cm³/mol. The summed E-state index contributed by atoms with van der Waals surface area (Å²) in [6, 6.07) is 10.2. The molecule has 0 aromatic heterocycles. The van der Waals surface area contributed by atoms with E-state index in [0.717, 1.165) is 15.7 Å². The quantitative estimate of drug-likeness (QED) is 0.771. The molecule has 0 saturated carbocycles. The fraction of sp³-hybridized carbons (Fsp3) is 0.0769. The molecule has 0 unspecified atom stereocenters. The maximum absolute atomic E-state index is 13.0. The van der Waals surface area contributed by atoms with Crippen molar-refractivity contribution in [1.29, 1.82) is 0 Å². The minimum Gasteiger partial charge on any atom is -0.381 e. The number of halogens is 4. The molecule has 0 aliphatic heterocycles. The highest BCUT2D eigenvalue weighted by Crippen LogP contribution is 2.26.